The molecule has 0 aromatic heterocycles. The molecule has 0 heterocycles. The van der Waals surface area contributed by atoms with E-state index in [0.29, 0.717) is 11.5 Å². The van der Waals surface area contributed by atoms with Crippen LogP contribution in [0.5, 0.6) is 11.5 Å². The van der Waals surface area contributed by atoms with Crippen LogP contribution in [-0.2, 0) is 17.4 Å². The Kier molecular flexibility index (Phi) is 7.13. The predicted molar refractivity (Wildman–Crippen MR) is 117 cm³/mol. The van der Waals surface area contributed by atoms with Gasteiger partial charge >= 0.3 is 7.82 Å². The first kappa shape index (κ1) is 21.2. The second-order valence-electron chi connectivity index (χ2n) is 6.99. The van der Waals surface area contributed by atoms with Crippen LogP contribution < -0.4 is 9.05 Å². The highest BCUT2D eigenvalue weighted by molar-refractivity contribution is 7.48. The largest absolute Gasteiger partial charge is 0.584 e. The van der Waals surface area contributed by atoms with Gasteiger partial charge in [-0.3, -0.25) is 4.89 Å². The Morgan fingerprint density at radius 3 is 2.07 bits per heavy atom. The lowest BCUT2D eigenvalue weighted by molar-refractivity contribution is 0.291. The van der Waals surface area contributed by atoms with E-state index in [4.69, 9.17) is 9.05 Å². The van der Waals surface area contributed by atoms with Crippen molar-refractivity contribution in [1.82, 2.24) is 0 Å². The van der Waals surface area contributed by atoms with E-state index in [1.807, 2.05) is 54.6 Å². The molecular weight excluding hydrogens is 383 g/mol. The Labute approximate surface area is 172 Å². The SMILES string of the molecule is CCCc1ccc(OP(=O)(O)Oc2ccc(CCC)cc2-c2ccccc2)cc1. The Balaban J connectivity index is 1.84. The molecule has 3 rings (SSSR count). The van der Waals surface area contributed by atoms with E-state index < -0.39 is 7.82 Å². The molecule has 0 spiro atoms. The second-order valence-corrected chi connectivity index (χ2v) is 8.29. The van der Waals surface area contributed by atoms with Crippen molar-refractivity contribution in [2.24, 2.45) is 0 Å². The quantitative estimate of drug-likeness (QED) is 0.393. The molecule has 1 atom stereocenters. The van der Waals surface area contributed by atoms with Gasteiger partial charge in [0, 0.05) is 5.56 Å². The molecule has 0 radical (unpaired) electrons. The minimum atomic E-state index is -4.34. The number of hydrogen-bond acceptors (Lipinski definition) is 3. The molecule has 29 heavy (non-hydrogen) atoms. The molecule has 0 saturated carbocycles. The monoisotopic (exact) mass is 410 g/mol. The molecule has 0 bridgehead atoms. The third-order valence-corrected chi connectivity index (χ3v) is 5.43. The van der Waals surface area contributed by atoms with Crippen molar-refractivity contribution in [2.45, 2.75) is 39.5 Å². The van der Waals surface area contributed by atoms with E-state index in [1.165, 1.54) is 0 Å². The molecule has 0 aliphatic heterocycles. The molecule has 0 aliphatic carbocycles. The molecule has 152 valence electrons. The van der Waals surface area contributed by atoms with Gasteiger partial charge in [-0.15, -0.1) is 0 Å². The maximum absolute atomic E-state index is 12.7. The van der Waals surface area contributed by atoms with Crippen molar-refractivity contribution in [3.8, 4) is 22.6 Å². The normalized spacial score (nSPS) is 12.9. The number of hydrogen-bond donors (Lipinski definition) is 1. The van der Waals surface area contributed by atoms with Crippen LogP contribution in [0.4, 0.5) is 0 Å². The highest BCUT2D eigenvalue weighted by atomic mass is 31.2. The van der Waals surface area contributed by atoms with Gasteiger partial charge < -0.3 is 9.05 Å². The maximum Gasteiger partial charge on any atom is 0.584 e. The summed E-state index contributed by atoms with van der Waals surface area (Å²) in [6.07, 6.45) is 3.94. The standard InChI is InChI=1S/C24H27O4P/c1-3-8-19-12-15-22(16-13-19)27-29(25,26)28-24-17-14-20(9-4-2)18-23(24)21-10-6-5-7-11-21/h5-7,10-18H,3-4,8-9H2,1-2H3,(H,25,26). The lowest BCUT2D eigenvalue weighted by atomic mass is 10.0. The van der Waals surface area contributed by atoms with E-state index in [-0.39, 0.29) is 0 Å². The molecular formula is C24H27O4P. The van der Waals surface area contributed by atoms with E-state index in [2.05, 4.69) is 13.8 Å². The van der Waals surface area contributed by atoms with Crippen molar-refractivity contribution in [3.63, 3.8) is 0 Å². The Morgan fingerprint density at radius 1 is 0.793 bits per heavy atom. The number of aryl methyl sites for hydroxylation is 2. The van der Waals surface area contributed by atoms with Crippen LogP contribution in [-0.4, -0.2) is 4.89 Å². The van der Waals surface area contributed by atoms with Crippen LogP contribution in [0.15, 0.2) is 72.8 Å². The van der Waals surface area contributed by atoms with Crippen LogP contribution >= 0.6 is 7.82 Å². The number of phosphoric acid groups is 1. The smallest absolute Gasteiger partial charge is 0.395 e. The van der Waals surface area contributed by atoms with Gasteiger partial charge in [-0.25, -0.2) is 4.57 Å². The average Bonchev–Trinajstić information content (AvgIpc) is 2.71. The summed E-state index contributed by atoms with van der Waals surface area (Å²) in [6.45, 7) is 4.23. The number of phosphoric ester groups is 1. The Morgan fingerprint density at radius 2 is 1.41 bits per heavy atom. The zero-order valence-electron chi connectivity index (χ0n) is 16.9. The third kappa shape index (κ3) is 5.96. The van der Waals surface area contributed by atoms with E-state index >= 15 is 0 Å². The highest BCUT2D eigenvalue weighted by Crippen LogP contribution is 2.47. The lowest BCUT2D eigenvalue weighted by Gasteiger charge is -2.17. The summed E-state index contributed by atoms with van der Waals surface area (Å²) in [5.41, 5.74) is 4.00. The fourth-order valence-electron chi connectivity index (χ4n) is 3.23. The number of rotatable bonds is 9. The summed E-state index contributed by atoms with van der Waals surface area (Å²) < 4.78 is 23.5. The van der Waals surface area contributed by atoms with Gasteiger partial charge in [-0.05, 0) is 53.8 Å². The molecule has 3 aromatic carbocycles. The van der Waals surface area contributed by atoms with Gasteiger partial charge in [-0.2, -0.15) is 0 Å². The van der Waals surface area contributed by atoms with E-state index in [9.17, 15) is 9.46 Å². The maximum atomic E-state index is 12.7. The topological polar surface area (TPSA) is 55.8 Å². The van der Waals surface area contributed by atoms with Crippen LogP contribution in [0.25, 0.3) is 11.1 Å². The zero-order valence-corrected chi connectivity index (χ0v) is 17.8. The molecule has 0 amide bonds. The van der Waals surface area contributed by atoms with Crippen LogP contribution in [0.1, 0.15) is 37.8 Å². The third-order valence-electron chi connectivity index (χ3n) is 4.56. The summed E-state index contributed by atoms with van der Waals surface area (Å²) in [7, 11) is -4.34. The van der Waals surface area contributed by atoms with Crippen molar-refractivity contribution in [3.05, 3.63) is 83.9 Å². The molecule has 3 aromatic rings. The average molecular weight is 410 g/mol. The molecule has 5 heteroatoms. The zero-order chi connectivity index (χ0) is 20.7. The van der Waals surface area contributed by atoms with Gasteiger partial charge in [0.1, 0.15) is 11.5 Å². The molecule has 4 nitrogen and oxygen atoms in total. The fraction of sp³-hybridized carbons (Fsp3) is 0.250. The fourth-order valence-corrected chi connectivity index (χ4v) is 4.06. The van der Waals surface area contributed by atoms with Crippen molar-refractivity contribution < 1.29 is 18.5 Å². The van der Waals surface area contributed by atoms with Crippen LogP contribution in [0.2, 0.25) is 0 Å². The molecule has 0 saturated heterocycles. The lowest BCUT2D eigenvalue weighted by Crippen LogP contribution is -2.01. The summed E-state index contributed by atoms with van der Waals surface area (Å²) in [4.78, 5) is 10.3. The van der Waals surface area contributed by atoms with Crippen LogP contribution in [0, 0.1) is 0 Å². The van der Waals surface area contributed by atoms with Gasteiger partial charge in [-0.1, -0.05) is 75.2 Å². The van der Waals surface area contributed by atoms with Crippen molar-refractivity contribution >= 4 is 7.82 Å². The van der Waals surface area contributed by atoms with Gasteiger partial charge in [0.2, 0.25) is 0 Å². The minimum Gasteiger partial charge on any atom is -0.395 e. The van der Waals surface area contributed by atoms with Crippen molar-refractivity contribution in [2.75, 3.05) is 0 Å². The highest BCUT2D eigenvalue weighted by Gasteiger charge is 2.26. The summed E-state index contributed by atoms with van der Waals surface area (Å²) in [5, 5.41) is 0. The molecule has 1 N–H and O–H groups in total. The second kappa shape index (κ2) is 9.78. The Bertz CT molecular complexity index is 968. The number of benzene rings is 3. The summed E-state index contributed by atoms with van der Waals surface area (Å²) >= 11 is 0. The first-order valence-corrected chi connectivity index (χ1v) is 11.5. The van der Waals surface area contributed by atoms with Gasteiger partial charge in [0.15, 0.2) is 0 Å². The molecule has 0 aliphatic rings. The Hall–Kier alpha value is -2.55. The minimum absolute atomic E-state index is 0.305. The van der Waals surface area contributed by atoms with Crippen LogP contribution in [0.3, 0.4) is 0 Å². The molecule has 0 fully saturated rings. The molecule has 1 unspecified atom stereocenters. The van der Waals surface area contributed by atoms with Gasteiger partial charge in [0.05, 0.1) is 0 Å². The first-order chi connectivity index (χ1) is 14.0. The van der Waals surface area contributed by atoms with E-state index in [1.54, 1.807) is 18.2 Å². The van der Waals surface area contributed by atoms with Gasteiger partial charge in [0.25, 0.3) is 0 Å². The predicted octanol–water partition coefficient (Wildman–Crippen LogP) is 6.82. The first-order valence-electron chi connectivity index (χ1n) is 10.00. The summed E-state index contributed by atoms with van der Waals surface area (Å²) in [6, 6.07) is 22.5. The van der Waals surface area contributed by atoms with E-state index in [0.717, 1.165) is 47.9 Å². The van der Waals surface area contributed by atoms with Crippen molar-refractivity contribution in [1.29, 1.82) is 0 Å². The summed E-state index contributed by atoms with van der Waals surface area (Å²) in [5.74, 6) is 0.629.